The fourth-order valence-electron chi connectivity index (χ4n) is 0.855. The van der Waals surface area contributed by atoms with Gasteiger partial charge in [-0.25, -0.2) is 9.98 Å². The molecule has 64 valence electrons. The van der Waals surface area contributed by atoms with Crippen LogP contribution in [0.4, 0.5) is 5.82 Å². The molecule has 0 aliphatic heterocycles. The van der Waals surface area contributed by atoms with E-state index < -0.39 is 0 Å². The van der Waals surface area contributed by atoms with Gasteiger partial charge in [-0.3, -0.25) is 0 Å². The summed E-state index contributed by atoms with van der Waals surface area (Å²) in [6, 6.07) is 0. The van der Waals surface area contributed by atoms with Gasteiger partial charge in [0.25, 0.3) is 0 Å². The molecule has 0 N–H and O–H groups in total. The van der Waals surface area contributed by atoms with Crippen LogP contribution < -0.4 is 0 Å². The maximum absolute atomic E-state index is 4.18. The lowest BCUT2D eigenvalue weighted by Crippen LogP contribution is -1.95. The fourth-order valence-corrected chi connectivity index (χ4v) is 0.855. The summed E-state index contributed by atoms with van der Waals surface area (Å²) in [5, 5.41) is 7.67. The molecule has 0 aliphatic rings. The van der Waals surface area contributed by atoms with E-state index in [1.807, 2.05) is 6.92 Å². The molecule has 0 fully saturated rings. The number of hydrogen-bond acceptors (Lipinski definition) is 4. The predicted octanol–water partition coefficient (Wildman–Crippen LogP) is 1.55. The van der Waals surface area contributed by atoms with Crippen molar-refractivity contribution >= 4 is 12.0 Å². The number of aliphatic imine (C=N–C) groups is 1. The third kappa shape index (κ3) is 2.38. The van der Waals surface area contributed by atoms with Crippen LogP contribution in [0.2, 0.25) is 0 Å². The van der Waals surface area contributed by atoms with Crippen molar-refractivity contribution in [2.75, 3.05) is 0 Å². The Morgan fingerprint density at radius 1 is 1.58 bits per heavy atom. The quantitative estimate of drug-likeness (QED) is 0.637. The SMILES string of the molecule is CC=Nc1cnnc(CCC)n1. The molecule has 0 radical (unpaired) electrons. The average Bonchev–Trinajstić information content (AvgIpc) is 2.06. The molecular formula is C8H12N4. The molecule has 0 amide bonds. The van der Waals surface area contributed by atoms with Gasteiger partial charge >= 0.3 is 0 Å². The minimum atomic E-state index is 0.635. The molecule has 1 aromatic heterocycles. The van der Waals surface area contributed by atoms with Crippen LogP contribution in [0.15, 0.2) is 11.2 Å². The van der Waals surface area contributed by atoms with Crippen molar-refractivity contribution in [2.24, 2.45) is 4.99 Å². The van der Waals surface area contributed by atoms with Crippen molar-refractivity contribution < 1.29 is 0 Å². The molecule has 12 heavy (non-hydrogen) atoms. The number of hydrogen-bond donors (Lipinski definition) is 0. The van der Waals surface area contributed by atoms with Gasteiger partial charge in [-0.05, 0) is 13.3 Å². The summed E-state index contributed by atoms with van der Waals surface area (Å²) in [6.45, 7) is 3.93. The molecule has 0 unspecified atom stereocenters. The van der Waals surface area contributed by atoms with Crippen LogP contribution in [0, 0.1) is 0 Å². The van der Waals surface area contributed by atoms with Crippen molar-refractivity contribution in [3.05, 3.63) is 12.0 Å². The highest BCUT2D eigenvalue weighted by molar-refractivity contribution is 5.58. The Labute approximate surface area is 71.8 Å². The van der Waals surface area contributed by atoms with Gasteiger partial charge in [-0.1, -0.05) is 6.92 Å². The maximum Gasteiger partial charge on any atom is 0.174 e. The second kappa shape index (κ2) is 4.54. The highest BCUT2D eigenvalue weighted by Gasteiger charge is 1.96. The van der Waals surface area contributed by atoms with Crippen molar-refractivity contribution in [3.63, 3.8) is 0 Å². The summed E-state index contributed by atoms with van der Waals surface area (Å²) in [5.41, 5.74) is 0. The van der Waals surface area contributed by atoms with Crippen LogP contribution in [0.5, 0.6) is 0 Å². The molecule has 4 heteroatoms. The number of nitrogens with zero attached hydrogens (tertiary/aromatic N) is 4. The summed E-state index contributed by atoms with van der Waals surface area (Å²) in [6.07, 6.45) is 5.14. The Morgan fingerprint density at radius 2 is 2.42 bits per heavy atom. The molecule has 0 saturated heterocycles. The normalized spacial score (nSPS) is 10.8. The van der Waals surface area contributed by atoms with Gasteiger partial charge in [-0.15, -0.1) is 5.10 Å². The van der Waals surface area contributed by atoms with Crippen molar-refractivity contribution in [3.8, 4) is 0 Å². The molecular weight excluding hydrogens is 152 g/mol. The molecule has 0 aliphatic carbocycles. The molecule has 0 atom stereocenters. The van der Waals surface area contributed by atoms with E-state index in [1.54, 1.807) is 12.4 Å². The van der Waals surface area contributed by atoms with Crippen LogP contribution >= 0.6 is 0 Å². The molecule has 1 heterocycles. The first-order valence-electron chi connectivity index (χ1n) is 4.04. The first kappa shape index (κ1) is 8.77. The van der Waals surface area contributed by atoms with Gasteiger partial charge in [0, 0.05) is 12.6 Å². The van der Waals surface area contributed by atoms with Crippen molar-refractivity contribution in [1.82, 2.24) is 15.2 Å². The number of aryl methyl sites for hydroxylation is 1. The summed E-state index contributed by atoms with van der Waals surface area (Å²) < 4.78 is 0. The van der Waals surface area contributed by atoms with Gasteiger partial charge in [-0.2, -0.15) is 5.10 Å². The Hall–Kier alpha value is -1.32. The summed E-state index contributed by atoms with van der Waals surface area (Å²) in [4.78, 5) is 8.19. The monoisotopic (exact) mass is 164 g/mol. The van der Waals surface area contributed by atoms with Crippen molar-refractivity contribution in [2.45, 2.75) is 26.7 Å². The van der Waals surface area contributed by atoms with Gasteiger partial charge in [0.05, 0.1) is 6.20 Å². The van der Waals surface area contributed by atoms with Crippen LogP contribution in [-0.2, 0) is 6.42 Å². The van der Waals surface area contributed by atoms with Gasteiger partial charge in [0.2, 0.25) is 0 Å². The van der Waals surface area contributed by atoms with E-state index in [0.29, 0.717) is 5.82 Å². The highest BCUT2D eigenvalue weighted by Crippen LogP contribution is 2.04. The van der Waals surface area contributed by atoms with Crippen LogP contribution in [0.3, 0.4) is 0 Å². The van der Waals surface area contributed by atoms with Crippen LogP contribution in [-0.4, -0.2) is 21.4 Å². The Morgan fingerprint density at radius 3 is 3.08 bits per heavy atom. The average molecular weight is 164 g/mol. The maximum atomic E-state index is 4.18. The number of aromatic nitrogens is 3. The summed E-state index contributed by atoms with van der Waals surface area (Å²) >= 11 is 0. The number of rotatable bonds is 3. The lowest BCUT2D eigenvalue weighted by molar-refractivity contribution is 0.788. The Kier molecular flexibility index (Phi) is 3.32. The standard InChI is InChI=1S/C8H12N4/c1-3-5-7-11-8(9-4-2)6-10-12-7/h4,6H,3,5H2,1-2H3. The van der Waals surface area contributed by atoms with E-state index in [0.717, 1.165) is 18.7 Å². The largest absolute Gasteiger partial charge is 0.240 e. The lowest BCUT2D eigenvalue weighted by Gasteiger charge is -1.95. The fraction of sp³-hybridized carbons (Fsp3) is 0.500. The minimum Gasteiger partial charge on any atom is -0.240 e. The first-order valence-corrected chi connectivity index (χ1v) is 4.04. The molecule has 0 aromatic carbocycles. The Bertz CT molecular complexity index is 270. The van der Waals surface area contributed by atoms with Gasteiger partial charge in [0.15, 0.2) is 11.6 Å². The second-order valence-electron chi connectivity index (χ2n) is 2.37. The highest BCUT2D eigenvalue weighted by atomic mass is 15.2. The van der Waals surface area contributed by atoms with Gasteiger partial charge in [0.1, 0.15) is 0 Å². The van der Waals surface area contributed by atoms with E-state index >= 15 is 0 Å². The second-order valence-corrected chi connectivity index (χ2v) is 2.37. The van der Waals surface area contributed by atoms with Crippen LogP contribution in [0.1, 0.15) is 26.1 Å². The zero-order valence-corrected chi connectivity index (χ0v) is 7.36. The zero-order chi connectivity index (χ0) is 8.81. The molecule has 0 bridgehead atoms. The summed E-state index contributed by atoms with van der Waals surface area (Å²) in [5.74, 6) is 1.40. The molecule has 1 aromatic rings. The third-order valence-corrected chi connectivity index (χ3v) is 1.32. The molecule has 0 saturated carbocycles. The smallest absolute Gasteiger partial charge is 0.174 e. The van der Waals surface area contributed by atoms with Gasteiger partial charge < -0.3 is 0 Å². The Balaban J connectivity index is 2.80. The van der Waals surface area contributed by atoms with E-state index in [1.165, 1.54) is 0 Å². The minimum absolute atomic E-state index is 0.635. The molecule has 0 spiro atoms. The molecule has 4 nitrogen and oxygen atoms in total. The van der Waals surface area contributed by atoms with Crippen molar-refractivity contribution in [1.29, 1.82) is 0 Å². The third-order valence-electron chi connectivity index (χ3n) is 1.32. The first-order chi connectivity index (χ1) is 5.86. The molecule has 1 rings (SSSR count). The zero-order valence-electron chi connectivity index (χ0n) is 7.36. The van der Waals surface area contributed by atoms with E-state index in [4.69, 9.17) is 0 Å². The predicted molar refractivity (Wildman–Crippen MR) is 47.6 cm³/mol. The summed E-state index contributed by atoms with van der Waals surface area (Å²) in [7, 11) is 0. The van der Waals surface area contributed by atoms with Crippen LogP contribution in [0.25, 0.3) is 0 Å². The van der Waals surface area contributed by atoms with E-state index in [2.05, 4.69) is 27.1 Å². The topological polar surface area (TPSA) is 51.0 Å². The lowest BCUT2D eigenvalue weighted by atomic mass is 10.3. The van der Waals surface area contributed by atoms with E-state index in [9.17, 15) is 0 Å². The van der Waals surface area contributed by atoms with E-state index in [-0.39, 0.29) is 0 Å².